The maximum atomic E-state index is 13.0. The molecule has 218 valence electrons. The van der Waals surface area contributed by atoms with Gasteiger partial charge in [-0.2, -0.15) is 0 Å². The second-order valence-electron chi connectivity index (χ2n) is 11.7. The first-order valence-corrected chi connectivity index (χ1v) is 14.1. The zero-order chi connectivity index (χ0) is 28.9. The highest BCUT2D eigenvalue weighted by molar-refractivity contribution is 6.23. The summed E-state index contributed by atoms with van der Waals surface area (Å²) in [6, 6.07) is 0. The van der Waals surface area contributed by atoms with Crippen LogP contribution < -0.4 is 0 Å². The van der Waals surface area contributed by atoms with E-state index in [4.69, 9.17) is 35.3 Å². The highest BCUT2D eigenvalue weighted by Crippen LogP contribution is 2.62. The van der Waals surface area contributed by atoms with Gasteiger partial charge in [-0.15, -0.1) is 11.6 Å². The molecule has 0 radical (unpaired) electrons. The van der Waals surface area contributed by atoms with E-state index in [0.717, 1.165) is 0 Å². The normalized spacial score (nSPS) is 43.5. The van der Waals surface area contributed by atoms with E-state index >= 15 is 0 Å². The van der Waals surface area contributed by atoms with E-state index in [-0.39, 0.29) is 25.9 Å². The summed E-state index contributed by atoms with van der Waals surface area (Å²) in [5, 5.41) is 11.5. The third-order valence-electron chi connectivity index (χ3n) is 9.19. The zero-order valence-corrected chi connectivity index (χ0v) is 24.0. The molecule has 0 aromatic carbocycles. The predicted octanol–water partition coefficient (Wildman–Crippen LogP) is 3.00. The topological polar surface area (TPSA) is 138 Å². The van der Waals surface area contributed by atoms with Gasteiger partial charge < -0.3 is 28.8 Å². The summed E-state index contributed by atoms with van der Waals surface area (Å²) in [4.78, 5) is 50.8. The number of aliphatic hydroxyl groups is 1. The van der Waals surface area contributed by atoms with Crippen molar-refractivity contribution in [3.8, 4) is 0 Å². The number of carbonyl (C=O) groups is 4. The van der Waals surface area contributed by atoms with E-state index in [1.807, 2.05) is 13.8 Å². The minimum Gasteiger partial charge on any atom is -0.462 e. The average molecular weight is 571 g/mol. The standard InChI is InChI=1S/C28H39ClO10/c1-7-8-20(32)38-18-10-9-14(2)21(29)23-28(34,15(3)25(33)39-23)24(37-17(5)31)22-26(18,6)19(36-16(4)30)11-12-27(22)13-35-27/h15,18-19,21-24,34H,2,7-13H2,1,3-6H3. The molecular weight excluding hydrogens is 532 g/mol. The van der Waals surface area contributed by atoms with Gasteiger partial charge in [-0.1, -0.05) is 26.0 Å². The van der Waals surface area contributed by atoms with Gasteiger partial charge in [0.2, 0.25) is 0 Å². The maximum Gasteiger partial charge on any atom is 0.312 e. The number of carbonyl (C=O) groups excluding carboxylic acids is 4. The molecule has 11 heteroatoms. The number of alkyl halides is 1. The van der Waals surface area contributed by atoms with Crippen LogP contribution in [0.4, 0.5) is 0 Å². The largest absolute Gasteiger partial charge is 0.462 e. The number of rotatable bonds is 5. The first kappa shape index (κ1) is 29.8. The van der Waals surface area contributed by atoms with Crippen LogP contribution in [-0.4, -0.2) is 76.6 Å². The van der Waals surface area contributed by atoms with Gasteiger partial charge in [-0.25, -0.2) is 0 Å². The molecule has 10 nitrogen and oxygen atoms in total. The summed E-state index contributed by atoms with van der Waals surface area (Å²) in [6.45, 7) is 12.1. The second-order valence-corrected chi connectivity index (χ2v) is 12.1. The molecule has 1 N–H and O–H groups in total. The lowest BCUT2D eigenvalue weighted by Crippen LogP contribution is -2.70. The van der Waals surface area contributed by atoms with E-state index < -0.39 is 82.1 Å². The van der Waals surface area contributed by atoms with Crippen molar-refractivity contribution in [3.63, 3.8) is 0 Å². The lowest BCUT2D eigenvalue weighted by atomic mass is 9.52. The number of esters is 4. The van der Waals surface area contributed by atoms with Crippen LogP contribution in [0.2, 0.25) is 0 Å². The maximum absolute atomic E-state index is 13.0. The number of hydrogen-bond acceptors (Lipinski definition) is 10. The summed E-state index contributed by atoms with van der Waals surface area (Å²) < 4.78 is 29.6. The fourth-order valence-corrected chi connectivity index (χ4v) is 7.44. The monoisotopic (exact) mass is 570 g/mol. The number of epoxide rings is 1. The number of halogens is 1. The van der Waals surface area contributed by atoms with Crippen LogP contribution in [0.3, 0.4) is 0 Å². The Kier molecular flexibility index (Phi) is 8.15. The Labute approximate surface area is 233 Å². The fourth-order valence-electron chi connectivity index (χ4n) is 7.08. The van der Waals surface area contributed by atoms with Gasteiger partial charge in [-0.3, -0.25) is 19.2 Å². The lowest BCUT2D eigenvalue weighted by molar-refractivity contribution is -0.245. The van der Waals surface area contributed by atoms with Gasteiger partial charge in [0, 0.05) is 26.2 Å². The van der Waals surface area contributed by atoms with Crippen molar-refractivity contribution in [1.82, 2.24) is 0 Å². The Morgan fingerprint density at radius 1 is 1.13 bits per heavy atom. The van der Waals surface area contributed by atoms with Crippen molar-refractivity contribution in [2.75, 3.05) is 6.61 Å². The number of hydrogen-bond donors (Lipinski definition) is 1. The number of ether oxygens (including phenoxy) is 5. The molecule has 0 bridgehead atoms. The zero-order valence-electron chi connectivity index (χ0n) is 23.2. The van der Waals surface area contributed by atoms with Gasteiger partial charge >= 0.3 is 23.9 Å². The first-order valence-electron chi connectivity index (χ1n) is 13.6. The van der Waals surface area contributed by atoms with Crippen LogP contribution in [0.1, 0.15) is 73.1 Å². The summed E-state index contributed by atoms with van der Waals surface area (Å²) in [7, 11) is 0. The molecule has 0 aromatic heterocycles. The second kappa shape index (κ2) is 10.7. The van der Waals surface area contributed by atoms with Crippen molar-refractivity contribution in [2.24, 2.45) is 17.3 Å². The predicted molar refractivity (Wildman–Crippen MR) is 137 cm³/mol. The van der Waals surface area contributed by atoms with Crippen LogP contribution in [0.5, 0.6) is 0 Å². The molecule has 0 amide bonds. The van der Waals surface area contributed by atoms with Crippen LogP contribution in [-0.2, 0) is 42.9 Å². The highest BCUT2D eigenvalue weighted by atomic mass is 35.5. The van der Waals surface area contributed by atoms with Crippen molar-refractivity contribution < 1.29 is 48.0 Å². The van der Waals surface area contributed by atoms with Crippen LogP contribution in [0, 0.1) is 17.3 Å². The minimum atomic E-state index is -2.09. The SMILES string of the molecule is C=C1CCC(OC(=O)CCC)C2(C)C(OC(C)=O)CCC3(CO3)C2C(OC(C)=O)C2(O)C(C)C(=O)OC2C1Cl. The molecule has 10 unspecified atom stereocenters. The third kappa shape index (κ3) is 4.97. The molecular formula is C28H39ClO10. The quantitative estimate of drug-likeness (QED) is 0.172. The Morgan fingerprint density at radius 3 is 2.31 bits per heavy atom. The van der Waals surface area contributed by atoms with Crippen LogP contribution in [0.25, 0.3) is 0 Å². The van der Waals surface area contributed by atoms with Crippen molar-refractivity contribution >= 4 is 35.5 Å². The van der Waals surface area contributed by atoms with E-state index in [2.05, 4.69) is 6.58 Å². The van der Waals surface area contributed by atoms with Gasteiger partial charge in [0.1, 0.15) is 18.3 Å². The molecule has 10 atom stereocenters. The van der Waals surface area contributed by atoms with E-state index in [0.29, 0.717) is 24.8 Å². The Balaban J connectivity index is 1.98. The smallest absolute Gasteiger partial charge is 0.312 e. The van der Waals surface area contributed by atoms with Gasteiger partial charge in [-0.05, 0) is 39.0 Å². The third-order valence-corrected chi connectivity index (χ3v) is 9.72. The molecule has 39 heavy (non-hydrogen) atoms. The van der Waals surface area contributed by atoms with Crippen LogP contribution in [0.15, 0.2) is 12.2 Å². The lowest BCUT2D eigenvalue weighted by Gasteiger charge is -2.57. The average Bonchev–Trinajstić information content (AvgIpc) is 3.58. The Bertz CT molecular complexity index is 1040. The molecule has 2 aliphatic carbocycles. The molecule has 4 fully saturated rings. The van der Waals surface area contributed by atoms with E-state index in [1.165, 1.54) is 20.8 Å². The van der Waals surface area contributed by atoms with Crippen LogP contribution >= 0.6 is 11.6 Å². The van der Waals surface area contributed by atoms with Gasteiger partial charge in [0.05, 0.1) is 28.9 Å². The van der Waals surface area contributed by atoms with E-state index in [9.17, 15) is 24.3 Å². The molecule has 2 saturated heterocycles. The molecule has 2 heterocycles. The first-order chi connectivity index (χ1) is 18.2. The Morgan fingerprint density at radius 2 is 1.74 bits per heavy atom. The number of fused-ring (bicyclic) bond motifs is 3. The molecule has 1 spiro atoms. The summed E-state index contributed by atoms with van der Waals surface area (Å²) >= 11 is 6.80. The van der Waals surface area contributed by atoms with E-state index in [1.54, 1.807) is 0 Å². The molecule has 2 aliphatic heterocycles. The molecule has 4 rings (SSSR count). The summed E-state index contributed by atoms with van der Waals surface area (Å²) in [5.74, 6) is -4.33. The van der Waals surface area contributed by atoms with Gasteiger partial charge in [0.15, 0.2) is 11.7 Å². The highest BCUT2D eigenvalue weighted by Gasteiger charge is 2.75. The molecule has 4 aliphatic rings. The van der Waals surface area contributed by atoms with Crippen molar-refractivity contribution in [2.45, 2.75) is 114 Å². The summed E-state index contributed by atoms with van der Waals surface area (Å²) in [6.07, 6.45) is -2.17. The Hall–Kier alpha value is -2.17. The van der Waals surface area contributed by atoms with Crippen molar-refractivity contribution in [1.29, 1.82) is 0 Å². The molecule has 2 saturated carbocycles. The fraction of sp³-hybridized carbons (Fsp3) is 0.786. The molecule has 0 aromatic rings. The summed E-state index contributed by atoms with van der Waals surface area (Å²) in [5.41, 5.74) is -3.71. The van der Waals surface area contributed by atoms with Crippen molar-refractivity contribution in [3.05, 3.63) is 12.2 Å². The van der Waals surface area contributed by atoms with Gasteiger partial charge in [0.25, 0.3) is 0 Å². The minimum absolute atomic E-state index is 0.176.